The van der Waals surface area contributed by atoms with Crippen molar-refractivity contribution >= 4 is 23.0 Å². The first-order chi connectivity index (χ1) is 12.1. The minimum atomic E-state index is -0.502. The second-order valence-corrected chi connectivity index (χ2v) is 5.48. The molecule has 0 unspecified atom stereocenters. The van der Waals surface area contributed by atoms with E-state index in [9.17, 15) is 10.1 Å². The molecular formula is C17H17N5O3. The zero-order chi connectivity index (χ0) is 17.8. The van der Waals surface area contributed by atoms with Crippen molar-refractivity contribution in [1.82, 2.24) is 9.97 Å². The summed E-state index contributed by atoms with van der Waals surface area (Å²) in [5.74, 6) is 0.914. The molecule has 0 atom stereocenters. The van der Waals surface area contributed by atoms with Crippen LogP contribution in [0.15, 0.2) is 47.3 Å². The number of rotatable bonds is 6. The lowest BCUT2D eigenvalue weighted by Crippen LogP contribution is -2.08. The second kappa shape index (κ2) is 7.00. The van der Waals surface area contributed by atoms with E-state index >= 15 is 0 Å². The molecule has 2 N–H and O–H groups in total. The van der Waals surface area contributed by atoms with Crippen LogP contribution in [0.2, 0.25) is 0 Å². The maximum absolute atomic E-state index is 11.6. The Morgan fingerprint density at radius 1 is 1.16 bits per heavy atom. The largest absolute Gasteiger partial charge is 0.467 e. The summed E-state index contributed by atoms with van der Waals surface area (Å²) < 4.78 is 5.22. The molecule has 128 valence electrons. The second-order valence-electron chi connectivity index (χ2n) is 5.48. The number of aryl methyl sites for hydroxylation is 1. The Bertz CT molecular complexity index is 893. The fraction of sp³-hybridized carbons (Fsp3) is 0.176. The molecule has 0 aliphatic heterocycles. The molecule has 3 aromatic rings. The van der Waals surface area contributed by atoms with Crippen LogP contribution in [0.5, 0.6) is 0 Å². The summed E-state index contributed by atoms with van der Waals surface area (Å²) in [4.78, 5) is 19.1. The Balaban J connectivity index is 1.92. The number of anilines is 3. The number of benzene rings is 1. The first-order valence-electron chi connectivity index (χ1n) is 7.65. The van der Waals surface area contributed by atoms with Crippen LogP contribution in [0.25, 0.3) is 0 Å². The van der Waals surface area contributed by atoms with Crippen molar-refractivity contribution in [3.8, 4) is 0 Å². The molecule has 0 saturated carbocycles. The third kappa shape index (κ3) is 3.57. The van der Waals surface area contributed by atoms with Crippen molar-refractivity contribution in [2.45, 2.75) is 20.4 Å². The Morgan fingerprint density at radius 3 is 2.68 bits per heavy atom. The summed E-state index contributed by atoms with van der Waals surface area (Å²) in [7, 11) is 0. The molecule has 0 aliphatic rings. The fourth-order valence-corrected chi connectivity index (χ4v) is 2.37. The first kappa shape index (κ1) is 16.4. The lowest BCUT2D eigenvalue weighted by Gasteiger charge is -2.12. The summed E-state index contributed by atoms with van der Waals surface area (Å²) in [6.45, 7) is 4.21. The Kier molecular flexibility index (Phi) is 4.60. The predicted molar refractivity (Wildman–Crippen MR) is 93.9 cm³/mol. The van der Waals surface area contributed by atoms with Crippen molar-refractivity contribution in [2.75, 3.05) is 10.6 Å². The molecule has 0 amide bonds. The van der Waals surface area contributed by atoms with Crippen LogP contribution < -0.4 is 10.6 Å². The number of hydrogen-bond acceptors (Lipinski definition) is 7. The van der Waals surface area contributed by atoms with E-state index in [-0.39, 0.29) is 23.9 Å². The highest BCUT2D eigenvalue weighted by Crippen LogP contribution is 2.32. The number of aromatic nitrogens is 2. The van der Waals surface area contributed by atoms with E-state index in [2.05, 4.69) is 20.6 Å². The van der Waals surface area contributed by atoms with Gasteiger partial charge in [0.2, 0.25) is 11.6 Å². The number of nitro groups is 1. The van der Waals surface area contributed by atoms with Gasteiger partial charge >= 0.3 is 5.69 Å². The van der Waals surface area contributed by atoms with Crippen LogP contribution in [0.1, 0.15) is 16.9 Å². The quantitative estimate of drug-likeness (QED) is 0.517. The van der Waals surface area contributed by atoms with Crippen LogP contribution in [-0.4, -0.2) is 14.9 Å². The minimum Gasteiger partial charge on any atom is -0.467 e. The number of nitrogens with one attached hydrogen (secondary N) is 2. The van der Waals surface area contributed by atoms with Crippen molar-refractivity contribution in [3.63, 3.8) is 0 Å². The summed E-state index contributed by atoms with van der Waals surface area (Å²) in [5.41, 5.74) is 2.63. The van der Waals surface area contributed by atoms with Crippen LogP contribution in [0, 0.1) is 24.0 Å². The lowest BCUT2D eigenvalue weighted by molar-refractivity contribution is -0.383. The molecule has 3 rings (SSSR count). The molecule has 1 aromatic carbocycles. The van der Waals surface area contributed by atoms with E-state index in [4.69, 9.17) is 4.42 Å². The molecule has 0 spiro atoms. The van der Waals surface area contributed by atoms with Gasteiger partial charge in [-0.2, -0.15) is 0 Å². The Morgan fingerprint density at radius 2 is 1.96 bits per heavy atom. The van der Waals surface area contributed by atoms with E-state index in [1.807, 2.05) is 32.0 Å². The standard InChI is InChI=1S/C17H17N5O3/c1-11-5-3-7-14(12(11)2)21-17-15(22(23)24)16(19-10-20-17)18-9-13-6-4-8-25-13/h3-8,10H,9H2,1-2H3,(H2,18,19,20,21). The summed E-state index contributed by atoms with van der Waals surface area (Å²) >= 11 is 0. The molecule has 25 heavy (non-hydrogen) atoms. The van der Waals surface area contributed by atoms with Gasteiger partial charge < -0.3 is 15.1 Å². The molecule has 0 aliphatic carbocycles. The van der Waals surface area contributed by atoms with Crippen molar-refractivity contribution in [3.05, 3.63) is 69.9 Å². The van der Waals surface area contributed by atoms with E-state index < -0.39 is 4.92 Å². The molecule has 8 nitrogen and oxygen atoms in total. The van der Waals surface area contributed by atoms with Gasteiger partial charge in [0, 0.05) is 5.69 Å². The lowest BCUT2D eigenvalue weighted by atomic mass is 10.1. The van der Waals surface area contributed by atoms with Gasteiger partial charge in [0.25, 0.3) is 0 Å². The highest BCUT2D eigenvalue weighted by Gasteiger charge is 2.23. The van der Waals surface area contributed by atoms with Crippen LogP contribution in [0.4, 0.5) is 23.0 Å². The van der Waals surface area contributed by atoms with Gasteiger partial charge in [0.1, 0.15) is 12.1 Å². The average Bonchev–Trinajstić information content (AvgIpc) is 3.10. The normalized spacial score (nSPS) is 10.5. The van der Waals surface area contributed by atoms with E-state index in [0.29, 0.717) is 5.76 Å². The van der Waals surface area contributed by atoms with Crippen molar-refractivity contribution in [1.29, 1.82) is 0 Å². The molecule has 2 heterocycles. The predicted octanol–water partition coefficient (Wildman–Crippen LogP) is 3.95. The monoisotopic (exact) mass is 339 g/mol. The summed E-state index contributed by atoms with van der Waals surface area (Å²) in [6, 6.07) is 9.23. The molecule has 0 bridgehead atoms. The van der Waals surface area contributed by atoms with Gasteiger partial charge in [-0.05, 0) is 43.2 Å². The Hall–Kier alpha value is -3.42. The third-order valence-corrected chi connectivity index (χ3v) is 3.87. The van der Waals surface area contributed by atoms with Crippen LogP contribution >= 0.6 is 0 Å². The van der Waals surface area contributed by atoms with Gasteiger partial charge in [-0.25, -0.2) is 9.97 Å². The number of nitrogens with zero attached hydrogens (tertiary/aromatic N) is 3. The Labute approximate surface area is 144 Å². The summed E-state index contributed by atoms with van der Waals surface area (Å²) in [6.07, 6.45) is 2.82. The fourth-order valence-electron chi connectivity index (χ4n) is 2.37. The van der Waals surface area contributed by atoms with Gasteiger partial charge in [0.15, 0.2) is 0 Å². The molecule has 0 radical (unpaired) electrons. The average molecular weight is 339 g/mol. The highest BCUT2D eigenvalue weighted by atomic mass is 16.6. The topological polar surface area (TPSA) is 106 Å². The van der Waals surface area contributed by atoms with Crippen LogP contribution in [0.3, 0.4) is 0 Å². The molecule has 2 aromatic heterocycles. The first-order valence-corrected chi connectivity index (χ1v) is 7.65. The zero-order valence-electron chi connectivity index (χ0n) is 13.8. The van der Waals surface area contributed by atoms with Gasteiger partial charge in [-0.15, -0.1) is 0 Å². The SMILES string of the molecule is Cc1cccc(Nc2ncnc(NCc3ccco3)c2[N+](=O)[O-])c1C. The molecule has 0 saturated heterocycles. The van der Waals surface area contributed by atoms with Gasteiger partial charge in [-0.1, -0.05) is 12.1 Å². The van der Waals surface area contributed by atoms with Crippen molar-refractivity contribution < 1.29 is 9.34 Å². The third-order valence-electron chi connectivity index (χ3n) is 3.87. The molecular weight excluding hydrogens is 322 g/mol. The van der Waals surface area contributed by atoms with Gasteiger partial charge in [0.05, 0.1) is 17.7 Å². The molecule has 8 heteroatoms. The molecule has 0 fully saturated rings. The summed E-state index contributed by atoms with van der Waals surface area (Å²) in [5, 5.41) is 17.5. The van der Waals surface area contributed by atoms with Gasteiger partial charge in [-0.3, -0.25) is 10.1 Å². The number of furan rings is 1. The number of hydrogen-bond donors (Lipinski definition) is 2. The van der Waals surface area contributed by atoms with Crippen molar-refractivity contribution in [2.24, 2.45) is 0 Å². The maximum atomic E-state index is 11.6. The van der Waals surface area contributed by atoms with E-state index in [0.717, 1.165) is 16.8 Å². The highest BCUT2D eigenvalue weighted by molar-refractivity contribution is 5.75. The van der Waals surface area contributed by atoms with E-state index in [1.54, 1.807) is 18.4 Å². The van der Waals surface area contributed by atoms with E-state index in [1.165, 1.54) is 6.33 Å². The maximum Gasteiger partial charge on any atom is 0.353 e. The van der Waals surface area contributed by atoms with Crippen LogP contribution in [-0.2, 0) is 6.54 Å². The minimum absolute atomic E-state index is 0.129. The smallest absolute Gasteiger partial charge is 0.353 e. The zero-order valence-corrected chi connectivity index (χ0v) is 13.8.